The van der Waals surface area contributed by atoms with Crippen LogP contribution in [0.25, 0.3) is 0 Å². The number of alkyl carbamates (subject to hydrolysis) is 1. The summed E-state index contributed by atoms with van der Waals surface area (Å²) in [5.41, 5.74) is -0.520. The standard InChI is InChI=1S/C14H26N2O4/c1-10-6-7-16(12(17)9-19-5)8-11(10)15-13(18)20-14(2,3)4/h10-11H,6-9H2,1-5H3,(H,15,18)/t10-,11-/m1/s1. The molecule has 6 heteroatoms. The summed E-state index contributed by atoms with van der Waals surface area (Å²) in [5.74, 6) is 0.268. The minimum atomic E-state index is -0.520. The Morgan fingerprint density at radius 1 is 1.35 bits per heavy atom. The van der Waals surface area contributed by atoms with Gasteiger partial charge in [0.1, 0.15) is 12.2 Å². The summed E-state index contributed by atoms with van der Waals surface area (Å²) in [4.78, 5) is 25.4. The summed E-state index contributed by atoms with van der Waals surface area (Å²) in [7, 11) is 1.50. The van der Waals surface area contributed by atoms with E-state index in [2.05, 4.69) is 12.2 Å². The maximum absolute atomic E-state index is 11.8. The number of nitrogens with zero attached hydrogens (tertiary/aromatic N) is 1. The van der Waals surface area contributed by atoms with Crippen LogP contribution < -0.4 is 5.32 Å². The first-order valence-electron chi connectivity index (χ1n) is 6.99. The lowest BCUT2D eigenvalue weighted by Gasteiger charge is -2.37. The highest BCUT2D eigenvalue weighted by Crippen LogP contribution is 2.18. The van der Waals surface area contributed by atoms with Crippen molar-refractivity contribution in [1.29, 1.82) is 0 Å². The number of likely N-dealkylation sites (tertiary alicyclic amines) is 1. The summed E-state index contributed by atoms with van der Waals surface area (Å²) in [5, 5.41) is 2.86. The Labute approximate surface area is 120 Å². The number of rotatable bonds is 3. The van der Waals surface area contributed by atoms with Gasteiger partial charge in [0.25, 0.3) is 0 Å². The molecule has 20 heavy (non-hydrogen) atoms. The molecular weight excluding hydrogens is 260 g/mol. The van der Waals surface area contributed by atoms with Crippen molar-refractivity contribution < 1.29 is 19.1 Å². The third-order valence-electron chi connectivity index (χ3n) is 3.28. The Morgan fingerprint density at radius 2 is 2.00 bits per heavy atom. The van der Waals surface area contributed by atoms with Crippen LogP contribution in [-0.4, -0.2) is 55.3 Å². The lowest BCUT2D eigenvalue weighted by atomic mass is 9.93. The molecule has 0 aliphatic carbocycles. The molecule has 0 spiro atoms. The fraction of sp³-hybridized carbons (Fsp3) is 0.857. The van der Waals surface area contributed by atoms with Crippen molar-refractivity contribution in [3.63, 3.8) is 0 Å². The van der Waals surface area contributed by atoms with Crippen molar-refractivity contribution in [3.05, 3.63) is 0 Å². The van der Waals surface area contributed by atoms with E-state index in [9.17, 15) is 9.59 Å². The number of piperidine rings is 1. The molecule has 0 aromatic heterocycles. The molecule has 2 atom stereocenters. The second kappa shape index (κ2) is 6.92. The molecule has 0 saturated carbocycles. The van der Waals surface area contributed by atoms with Gasteiger partial charge in [-0.3, -0.25) is 4.79 Å². The second-order valence-electron chi connectivity index (χ2n) is 6.29. The zero-order chi connectivity index (χ0) is 15.3. The van der Waals surface area contributed by atoms with Gasteiger partial charge < -0.3 is 19.7 Å². The molecule has 1 rings (SSSR count). The van der Waals surface area contributed by atoms with E-state index in [1.807, 2.05) is 20.8 Å². The fourth-order valence-electron chi connectivity index (χ4n) is 2.16. The number of nitrogens with one attached hydrogen (secondary N) is 1. The molecule has 1 N–H and O–H groups in total. The highest BCUT2D eigenvalue weighted by molar-refractivity contribution is 5.77. The summed E-state index contributed by atoms with van der Waals surface area (Å²) < 4.78 is 10.1. The van der Waals surface area contributed by atoms with Crippen molar-refractivity contribution in [2.75, 3.05) is 26.8 Å². The number of methoxy groups -OCH3 is 1. The van der Waals surface area contributed by atoms with Crippen molar-refractivity contribution in [3.8, 4) is 0 Å². The first-order chi connectivity index (χ1) is 9.23. The van der Waals surface area contributed by atoms with Crippen molar-refractivity contribution in [2.45, 2.75) is 45.8 Å². The molecule has 2 amide bonds. The van der Waals surface area contributed by atoms with Gasteiger partial charge in [0.05, 0.1) is 6.04 Å². The topological polar surface area (TPSA) is 67.9 Å². The molecule has 1 heterocycles. The molecule has 0 unspecified atom stereocenters. The van der Waals surface area contributed by atoms with Crippen LogP contribution in [0.2, 0.25) is 0 Å². The minimum Gasteiger partial charge on any atom is -0.444 e. The first-order valence-corrected chi connectivity index (χ1v) is 6.99. The predicted molar refractivity (Wildman–Crippen MR) is 75.4 cm³/mol. The van der Waals surface area contributed by atoms with Crippen LogP contribution in [0, 0.1) is 5.92 Å². The largest absolute Gasteiger partial charge is 0.444 e. The van der Waals surface area contributed by atoms with Crippen LogP contribution in [0.15, 0.2) is 0 Å². The van der Waals surface area contributed by atoms with E-state index in [1.165, 1.54) is 7.11 Å². The monoisotopic (exact) mass is 286 g/mol. The van der Waals surface area contributed by atoms with Gasteiger partial charge in [0.2, 0.25) is 5.91 Å². The predicted octanol–water partition coefficient (Wildman–Crippen LogP) is 1.39. The molecule has 0 bridgehead atoms. The van der Waals surface area contributed by atoms with Crippen LogP contribution in [0.1, 0.15) is 34.1 Å². The number of ether oxygens (including phenoxy) is 2. The lowest BCUT2D eigenvalue weighted by Crippen LogP contribution is -2.54. The molecule has 1 fully saturated rings. The van der Waals surface area contributed by atoms with Gasteiger partial charge in [-0.25, -0.2) is 4.79 Å². The minimum absolute atomic E-state index is 0.0459. The van der Waals surface area contributed by atoms with E-state index < -0.39 is 11.7 Å². The zero-order valence-corrected chi connectivity index (χ0v) is 13.1. The van der Waals surface area contributed by atoms with E-state index in [0.29, 0.717) is 19.0 Å². The van der Waals surface area contributed by atoms with Gasteiger partial charge in [-0.05, 0) is 33.1 Å². The van der Waals surface area contributed by atoms with E-state index >= 15 is 0 Å². The van der Waals surface area contributed by atoms with E-state index in [4.69, 9.17) is 9.47 Å². The van der Waals surface area contributed by atoms with Gasteiger partial charge in [0, 0.05) is 20.2 Å². The van der Waals surface area contributed by atoms with Crippen molar-refractivity contribution in [2.24, 2.45) is 5.92 Å². The van der Waals surface area contributed by atoms with Crippen LogP contribution >= 0.6 is 0 Å². The molecule has 0 radical (unpaired) electrons. The lowest BCUT2D eigenvalue weighted by molar-refractivity contribution is -0.137. The Balaban J connectivity index is 2.54. The molecule has 1 aliphatic heterocycles. The highest BCUT2D eigenvalue weighted by Gasteiger charge is 2.30. The van der Waals surface area contributed by atoms with Crippen LogP contribution in [0.4, 0.5) is 4.79 Å². The highest BCUT2D eigenvalue weighted by atomic mass is 16.6. The summed E-state index contributed by atoms with van der Waals surface area (Å²) in [6, 6.07) is -0.0839. The Morgan fingerprint density at radius 3 is 2.55 bits per heavy atom. The average molecular weight is 286 g/mol. The van der Waals surface area contributed by atoms with Gasteiger partial charge in [-0.1, -0.05) is 6.92 Å². The summed E-state index contributed by atoms with van der Waals surface area (Å²) in [6.07, 6.45) is 0.422. The molecule has 6 nitrogen and oxygen atoms in total. The SMILES string of the molecule is COCC(=O)N1CC[C@@H](C)[C@H](NC(=O)OC(C)(C)C)C1. The molecule has 1 aliphatic rings. The number of carbonyl (C=O) groups is 2. The normalized spacial score (nSPS) is 23.4. The molecule has 0 aromatic carbocycles. The Hall–Kier alpha value is -1.30. The van der Waals surface area contributed by atoms with E-state index in [-0.39, 0.29) is 18.6 Å². The maximum Gasteiger partial charge on any atom is 0.407 e. The van der Waals surface area contributed by atoms with Crippen LogP contribution in [-0.2, 0) is 14.3 Å². The molecular formula is C14H26N2O4. The third-order valence-corrected chi connectivity index (χ3v) is 3.28. The number of hydrogen-bond acceptors (Lipinski definition) is 4. The maximum atomic E-state index is 11.8. The van der Waals surface area contributed by atoms with Gasteiger partial charge in [-0.2, -0.15) is 0 Å². The Kier molecular flexibility index (Phi) is 5.80. The number of hydrogen-bond donors (Lipinski definition) is 1. The van der Waals surface area contributed by atoms with Crippen molar-refractivity contribution >= 4 is 12.0 Å². The van der Waals surface area contributed by atoms with E-state index in [1.54, 1.807) is 4.90 Å². The van der Waals surface area contributed by atoms with E-state index in [0.717, 1.165) is 6.42 Å². The average Bonchev–Trinajstić information content (AvgIpc) is 2.29. The van der Waals surface area contributed by atoms with Crippen LogP contribution in [0.3, 0.4) is 0 Å². The van der Waals surface area contributed by atoms with Gasteiger partial charge in [0.15, 0.2) is 0 Å². The number of amides is 2. The second-order valence-corrected chi connectivity index (χ2v) is 6.29. The first kappa shape index (κ1) is 16.8. The molecule has 1 saturated heterocycles. The third kappa shape index (κ3) is 5.36. The molecule has 0 aromatic rings. The quantitative estimate of drug-likeness (QED) is 0.851. The van der Waals surface area contributed by atoms with Crippen LogP contribution in [0.5, 0.6) is 0 Å². The fourth-order valence-corrected chi connectivity index (χ4v) is 2.16. The summed E-state index contributed by atoms with van der Waals surface area (Å²) in [6.45, 7) is 8.83. The molecule has 116 valence electrons. The van der Waals surface area contributed by atoms with Gasteiger partial charge in [-0.15, -0.1) is 0 Å². The van der Waals surface area contributed by atoms with Crippen molar-refractivity contribution in [1.82, 2.24) is 10.2 Å². The Bertz CT molecular complexity index is 352. The smallest absolute Gasteiger partial charge is 0.407 e. The zero-order valence-electron chi connectivity index (χ0n) is 13.1. The summed E-state index contributed by atoms with van der Waals surface area (Å²) >= 11 is 0. The number of carbonyl (C=O) groups excluding carboxylic acids is 2. The van der Waals surface area contributed by atoms with Gasteiger partial charge >= 0.3 is 6.09 Å².